The van der Waals surface area contributed by atoms with Crippen LogP contribution < -0.4 is 0 Å². The number of ketones is 1. The highest BCUT2D eigenvalue weighted by molar-refractivity contribution is 8.13. The molecule has 0 spiro atoms. The molecule has 39 heavy (non-hydrogen) atoms. The van der Waals surface area contributed by atoms with Crippen LogP contribution in [0.5, 0.6) is 0 Å². The molecule has 1 N–H and O–H groups in total. The number of carbonyl (C=O) groups is 3. The Balaban J connectivity index is 1.55. The Morgan fingerprint density at radius 1 is 1.15 bits per heavy atom. The summed E-state index contributed by atoms with van der Waals surface area (Å²) in [7, 11) is 0. The van der Waals surface area contributed by atoms with Crippen molar-refractivity contribution in [2.75, 3.05) is 6.01 Å². The molecular formula is C30H39F3O5S. The number of carbonyl (C=O) groups excluding carboxylic acids is 3. The van der Waals surface area contributed by atoms with Crippen LogP contribution in [0.4, 0.5) is 13.2 Å². The van der Waals surface area contributed by atoms with Crippen molar-refractivity contribution in [3.8, 4) is 0 Å². The van der Waals surface area contributed by atoms with Crippen LogP contribution in [0.15, 0.2) is 23.8 Å². The van der Waals surface area contributed by atoms with Crippen molar-refractivity contribution in [2.24, 2.45) is 34.5 Å². The van der Waals surface area contributed by atoms with Gasteiger partial charge in [0.05, 0.1) is 6.10 Å². The molecule has 0 heterocycles. The molecule has 0 aromatic carbocycles. The first kappa shape index (κ1) is 28.9. The molecule has 0 amide bonds. The van der Waals surface area contributed by atoms with Crippen LogP contribution in [0.3, 0.4) is 0 Å². The van der Waals surface area contributed by atoms with E-state index in [1.807, 2.05) is 0 Å². The fraction of sp³-hybridized carbons (Fsp3) is 0.767. The summed E-state index contributed by atoms with van der Waals surface area (Å²) >= 11 is 0.431. The standard InChI is InChI=1S/C30H39F3O5S/c1-17-11-20-21-14-23(32)22-13-19(34)9-10-27(22,2)29(21,33)24(35)15-28(20,3)30(17,26(37)39-16-31)38-25(36)12-18-7-5-4-6-8-18/h9-10,13,17-18,20-21,23-24,35H,4-8,11-12,14-16H2,1-3H3/t17-,20+,21+,23+,24+,27+,28+,29+,30+/m1/s1. The summed E-state index contributed by atoms with van der Waals surface area (Å²) in [6.45, 7) is 4.99. The number of esters is 1. The molecule has 0 aromatic heterocycles. The van der Waals surface area contributed by atoms with E-state index in [0.29, 0.717) is 11.8 Å². The van der Waals surface area contributed by atoms with Crippen molar-refractivity contribution >= 4 is 28.6 Å². The van der Waals surface area contributed by atoms with Gasteiger partial charge in [0, 0.05) is 29.1 Å². The minimum absolute atomic E-state index is 0.0247. The SMILES string of the molecule is C[C@@H]1C[C@H]2[C@@H]3C[C@H](F)C4=CC(=O)C=C[C@]4(C)[C@@]3(F)[C@@H](O)C[C@]2(C)[C@@]1(OC(=O)CC1CCCCC1)C(=O)SCF. The minimum atomic E-state index is -2.30. The van der Waals surface area contributed by atoms with Gasteiger partial charge < -0.3 is 9.84 Å². The fourth-order valence-corrected chi connectivity index (χ4v) is 10.0. The topological polar surface area (TPSA) is 80.7 Å². The molecule has 4 saturated carbocycles. The van der Waals surface area contributed by atoms with E-state index in [0.717, 1.165) is 38.2 Å². The summed E-state index contributed by atoms with van der Waals surface area (Å²) in [5.74, 6) is -3.02. The van der Waals surface area contributed by atoms with Crippen molar-refractivity contribution in [1.82, 2.24) is 0 Å². The van der Waals surface area contributed by atoms with E-state index >= 15 is 8.78 Å². The Labute approximate surface area is 232 Å². The lowest BCUT2D eigenvalue weighted by atomic mass is 9.44. The summed E-state index contributed by atoms with van der Waals surface area (Å²) in [4.78, 5) is 39.2. The van der Waals surface area contributed by atoms with Gasteiger partial charge in [-0.25, -0.2) is 13.2 Å². The number of alkyl halides is 3. The van der Waals surface area contributed by atoms with Crippen LogP contribution in [0.2, 0.25) is 0 Å². The molecule has 0 unspecified atom stereocenters. The highest BCUT2D eigenvalue weighted by atomic mass is 32.2. The average molecular weight is 569 g/mol. The zero-order chi connectivity index (χ0) is 28.4. The Morgan fingerprint density at radius 3 is 2.51 bits per heavy atom. The molecule has 5 aliphatic carbocycles. The number of fused-ring (bicyclic) bond motifs is 5. The lowest BCUT2D eigenvalue weighted by Crippen LogP contribution is -2.70. The second kappa shape index (κ2) is 10.0. The third kappa shape index (κ3) is 4.03. The van der Waals surface area contributed by atoms with Crippen LogP contribution >= 0.6 is 11.8 Å². The van der Waals surface area contributed by atoms with Gasteiger partial charge in [-0.2, -0.15) is 0 Å². The molecule has 5 aliphatic rings. The van der Waals surface area contributed by atoms with Crippen molar-refractivity contribution in [3.63, 3.8) is 0 Å². The van der Waals surface area contributed by atoms with E-state index in [-0.39, 0.29) is 37.2 Å². The van der Waals surface area contributed by atoms with Gasteiger partial charge in [-0.05, 0) is 80.4 Å². The molecule has 5 nitrogen and oxygen atoms in total. The number of aliphatic hydroxyl groups excluding tert-OH is 1. The highest BCUT2D eigenvalue weighted by Gasteiger charge is 2.78. The molecule has 9 atom stereocenters. The third-order valence-corrected chi connectivity index (χ3v) is 11.8. The van der Waals surface area contributed by atoms with Gasteiger partial charge in [-0.3, -0.25) is 14.4 Å². The quantitative estimate of drug-likeness (QED) is 0.411. The average Bonchev–Trinajstić information content (AvgIpc) is 3.10. The van der Waals surface area contributed by atoms with Crippen LogP contribution in [-0.4, -0.2) is 51.5 Å². The minimum Gasteiger partial charge on any atom is -0.449 e. The molecule has 216 valence electrons. The number of thioether (sulfide) groups is 1. The predicted octanol–water partition coefficient (Wildman–Crippen LogP) is 5.99. The lowest BCUT2D eigenvalue weighted by molar-refractivity contribution is -0.229. The van der Waals surface area contributed by atoms with Crippen LogP contribution in [0, 0.1) is 34.5 Å². The summed E-state index contributed by atoms with van der Waals surface area (Å²) in [6.07, 6.45) is 5.40. The molecule has 5 rings (SSSR count). The summed E-state index contributed by atoms with van der Waals surface area (Å²) in [6, 6.07) is -1.01. The fourth-order valence-electron chi connectivity index (χ4n) is 9.22. The number of hydrogen-bond acceptors (Lipinski definition) is 6. The summed E-state index contributed by atoms with van der Waals surface area (Å²) < 4.78 is 52.9. The van der Waals surface area contributed by atoms with Gasteiger partial charge in [0.1, 0.15) is 12.2 Å². The van der Waals surface area contributed by atoms with Crippen LogP contribution in [0.1, 0.15) is 78.6 Å². The zero-order valence-electron chi connectivity index (χ0n) is 22.9. The Morgan fingerprint density at radius 2 is 1.85 bits per heavy atom. The number of hydrogen-bond donors (Lipinski definition) is 1. The smallest absolute Gasteiger partial charge is 0.307 e. The summed E-state index contributed by atoms with van der Waals surface area (Å²) in [5, 5.41) is 10.9. The number of rotatable bonds is 5. The first-order valence-corrected chi connectivity index (χ1v) is 15.2. The summed E-state index contributed by atoms with van der Waals surface area (Å²) in [5.41, 5.74) is -6.84. The van der Waals surface area contributed by atoms with E-state index in [1.165, 1.54) is 19.1 Å². The molecule has 0 aromatic rings. The maximum Gasteiger partial charge on any atom is 0.307 e. The van der Waals surface area contributed by atoms with Gasteiger partial charge in [0.25, 0.3) is 0 Å². The van der Waals surface area contributed by atoms with E-state index in [1.54, 1.807) is 13.8 Å². The maximum absolute atomic E-state index is 17.5. The molecule has 4 fully saturated rings. The monoisotopic (exact) mass is 568 g/mol. The number of ether oxygens (including phenoxy) is 1. The van der Waals surface area contributed by atoms with E-state index < -0.39 is 75.0 Å². The molecule has 0 saturated heterocycles. The van der Waals surface area contributed by atoms with Gasteiger partial charge in [-0.1, -0.05) is 39.2 Å². The van der Waals surface area contributed by atoms with E-state index in [9.17, 15) is 23.9 Å². The van der Waals surface area contributed by atoms with E-state index in [2.05, 4.69) is 0 Å². The van der Waals surface area contributed by atoms with Crippen LogP contribution in [-0.2, 0) is 19.1 Å². The largest absolute Gasteiger partial charge is 0.449 e. The third-order valence-electron chi connectivity index (χ3n) is 11.1. The molecule has 0 radical (unpaired) electrons. The van der Waals surface area contributed by atoms with Gasteiger partial charge in [-0.15, -0.1) is 0 Å². The number of allylic oxidation sites excluding steroid dienone is 4. The molecule has 9 heteroatoms. The number of aliphatic hydroxyl groups is 1. The second-order valence-electron chi connectivity index (χ2n) is 13.0. The molecule has 0 aliphatic heterocycles. The first-order valence-electron chi connectivity index (χ1n) is 14.3. The van der Waals surface area contributed by atoms with Crippen LogP contribution in [0.25, 0.3) is 0 Å². The van der Waals surface area contributed by atoms with Gasteiger partial charge >= 0.3 is 5.97 Å². The zero-order valence-corrected chi connectivity index (χ0v) is 23.7. The first-order chi connectivity index (χ1) is 18.3. The van der Waals surface area contributed by atoms with Crippen molar-refractivity contribution in [1.29, 1.82) is 0 Å². The molecule has 0 bridgehead atoms. The maximum atomic E-state index is 17.5. The Hall–Kier alpha value is -1.61. The molecular weight excluding hydrogens is 529 g/mol. The van der Waals surface area contributed by atoms with Crippen molar-refractivity contribution < 1.29 is 37.4 Å². The van der Waals surface area contributed by atoms with Crippen molar-refractivity contribution in [2.45, 2.75) is 102 Å². The van der Waals surface area contributed by atoms with Gasteiger partial charge in [0.2, 0.25) is 5.12 Å². The highest BCUT2D eigenvalue weighted by Crippen LogP contribution is 2.72. The van der Waals surface area contributed by atoms with Crippen molar-refractivity contribution in [3.05, 3.63) is 23.8 Å². The predicted molar refractivity (Wildman–Crippen MR) is 142 cm³/mol. The lowest BCUT2D eigenvalue weighted by Gasteiger charge is -2.63. The Kier molecular flexibility index (Phi) is 7.44. The normalized spacial score (nSPS) is 45.7. The van der Waals surface area contributed by atoms with E-state index in [4.69, 9.17) is 4.74 Å². The second-order valence-corrected chi connectivity index (χ2v) is 13.8. The van der Waals surface area contributed by atoms with Gasteiger partial charge in [0.15, 0.2) is 17.1 Å². The Bertz CT molecular complexity index is 1100. The number of halogens is 3.